The zero-order valence-corrected chi connectivity index (χ0v) is 10.1. The Morgan fingerprint density at radius 2 is 1.82 bits per heavy atom. The molecule has 0 radical (unpaired) electrons. The van der Waals surface area contributed by atoms with E-state index in [9.17, 15) is 4.79 Å². The summed E-state index contributed by atoms with van der Waals surface area (Å²) in [5.41, 5.74) is 2.33. The lowest BCUT2D eigenvalue weighted by molar-refractivity contribution is 0.110. The highest BCUT2D eigenvalue weighted by Gasteiger charge is 2.04. The Kier molecular flexibility index (Phi) is 3.43. The van der Waals surface area contributed by atoms with E-state index in [1.54, 1.807) is 6.07 Å². The first-order valence-electron chi connectivity index (χ1n) is 5.83. The summed E-state index contributed by atoms with van der Waals surface area (Å²) in [7, 11) is 0. The number of benzene rings is 1. The van der Waals surface area contributed by atoms with E-state index in [1.165, 1.54) is 5.56 Å². The molecule has 0 saturated carbocycles. The summed E-state index contributed by atoms with van der Waals surface area (Å²) in [6.45, 7) is 4.41. The Morgan fingerprint density at radius 3 is 2.35 bits per heavy atom. The van der Waals surface area contributed by atoms with Crippen molar-refractivity contribution in [3.8, 4) is 11.3 Å². The molecule has 0 N–H and O–H groups in total. The third-order valence-corrected chi connectivity index (χ3v) is 2.63. The summed E-state index contributed by atoms with van der Waals surface area (Å²) in [4.78, 5) is 10.5. The van der Waals surface area contributed by atoms with Crippen LogP contribution in [0.4, 0.5) is 0 Å². The van der Waals surface area contributed by atoms with Crippen LogP contribution < -0.4 is 0 Å². The molecule has 0 saturated heterocycles. The van der Waals surface area contributed by atoms with Crippen molar-refractivity contribution < 1.29 is 9.21 Å². The van der Waals surface area contributed by atoms with Gasteiger partial charge in [0.15, 0.2) is 12.0 Å². The van der Waals surface area contributed by atoms with Gasteiger partial charge in [0, 0.05) is 5.56 Å². The van der Waals surface area contributed by atoms with Gasteiger partial charge < -0.3 is 4.42 Å². The van der Waals surface area contributed by atoms with Crippen LogP contribution in [0.5, 0.6) is 0 Å². The third-order valence-electron chi connectivity index (χ3n) is 2.63. The maximum absolute atomic E-state index is 10.5. The van der Waals surface area contributed by atoms with E-state index in [-0.39, 0.29) is 0 Å². The third kappa shape index (κ3) is 2.84. The van der Waals surface area contributed by atoms with Gasteiger partial charge in [-0.25, -0.2) is 0 Å². The van der Waals surface area contributed by atoms with Gasteiger partial charge in [-0.05, 0) is 30.0 Å². The molecule has 0 unspecified atom stereocenters. The number of furan rings is 1. The average molecular weight is 228 g/mol. The Labute approximate surface area is 101 Å². The summed E-state index contributed by atoms with van der Waals surface area (Å²) in [6, 6.07) is 11.8. The van der Waals surface area contributed by atoms with E-state index >= 15 is 0 Å². The van der Waals surface area contributed by atoms with Crippen LogP contribution in [0.15, 0.2) is 40.8 Å². The van der Waals surface area contributed by atoms with Crippen molar-refractivity contribution in [3.63, 3.8) is 0 Å². The van der Waals surface area contributed by atoms with Gasteiger partial charge in [-0.15, -0.1) is 0 Å². The van der Waals surface area contributed by atoms with Crippen LogP contribution >= 0.6 is 0 Å². The number of hydrogen-bond acceptors (Lipinski definition) is 2. The van der Waals surface area contributed by atoms with Gasteiger partial charge in [0.2, 0.25) is 0 Å². The van der Waals surface area contributed by atoms with Gasteiger partial charge in [0.25, 0.3) is 0 Å². The number of carbonyl (C=O) groups excluding carboxylic acids is 1. The van der Waals surface area contributed by atoms with E-state index in [0.717, 1.165) is 24.0 Å². The van der Waals surface area contributed by atoms with Gasteiger partial charge in [0.05, 0.1) is 0 Å². The SMILES string of the molecule is CC(C)Cc1ccc(-c2ccc(C=O)o2)cc1. The molecule has 1 aromatic heterocycles. The highest BCUT2D eigenvalue weighted by Crippen LogP contribution is 2.22. The van der Waals surface area contributed by atoms with Crippen molar-refractivity contribution in [2.45, 2.75) is 20.3 Å². The van der Waals surface area contributed by atoms with E-state index < -0.39 is 0 Å². The lowest BCUT2D eigenvalue weighted by Gasteiger charge is -2.05. The van der Waals surface area contributed by atoms with Crippen molar-refractivity contribution in [2.24, 2.45) is 5.92 Å². The van der Waals surface area contributed by atoms with Gasteiger partial charge in [0.1, 0.15) is 5.76 Å². The standard InChI is InChI=1S/C15H16O2/c1-11(2)9-12-3-5-13(6-4-12)15-8-7-14(10-16)17-15/h3-8,10-11H,9H2,1-2H3. The highest BCUT2D eigenvalue weighted by molar-refractivity contribution is 5.72. The van der Waals surface area contributed by atoms with Gasteiger partial charge in [-0.1, -0.05) is 38.1 Å². The molecular formula is C15H16O2. The van der Waals surface area contributed by atoms with Gasteiger partial charge >= 0.3 is 0 Å². The van der Waals surface area contributed by atoms with Crippen LogP contribution in [0.3, 0.4) is 0 Å². The molecule has 88 valence electrons. The number of aldehydes is 1. The smallest absolute Gasteiger partial charge is 0.185 e. The predicted octanol–water partition coefficient (Wildman–Crippen LogP) is 3.96. The molecule has 2 rings (SSSR count). The number of carbonyl (C=O) groups is 1. The van der Waals surface area contributed by atoms with E-state index in [2.05, 4.69) is 26.0 Å². The number of rotatable bonds is 4. The molecule has 0 aliphatic carbocycles. The van der Waals surface area contributed by atoms with Crippen LogP contribution in [-0.4, -0.2) is 6.29 Å². The largest absolute Gasteiger partial charge is 0.453 e. The lowest BCUT2D eigenvalue weighted by Crippen LogP contribution is -1.93. The minimum absolute atomic E-state index is 0.367. The maximum atomic E-state index is 10.5. The lowest BCUT2D eigenvalue weighted by atomic mass is 10.0. The molecule has 0 aliphatic heterocycles. The van der Waals surface area contributed by atoms with Crippen LogP contribution in [-0.2, 0) is 6.42 Å². The molecule has 0 bridgehead atoms. The molecule has 0 spiro atoms. The normalized spacial score (nSPS) is 10.8. The minimum atomic E-state index is 0.367. The molecule has 0 atom stereocenters. The second-order valence-corrected chi connectivity index (χ2v) is 4.61. The summed E-state index contributed by atoms with van der Waals surface area (Å²) in [6.07, 6.45) is 1.80. The first kappa shape index (κ1) is 11.6. The van der Waals surface area contributed by atoms with E-state index in [4.69, 9.17) is 4.42 Å². The van der Waals surface area contributed by atoms with Gasteiger partial charge in [-0.2, -0.15) is 0 Å². The second kappa shape index (κ2) is 5.00. The Balaban J connectivity index is 2.19. The molecule has 2 nitrogen and oxygen atoms in total. The molecular weight excluding hydrogens is 212 g/mol. The molecule has 17 heavy (non-hydrogen) atoms. The summed E-state index contributed by atoms with van der Waals surface area (Å²) >= 11 is 0. The van der Waals surface area contributed by atoms with E-state index in [1.807, 2.05) is 18.2 Å². The first-order valence-corrected chi connectivity index (χ1v) is 5.83. The molecule has 2 aromatic rings. The highest BCUT2D eigenvalue weighted by atomic mass is 16.3. The quantitative estimate of drug-likeness (QED) is 0.741. The molecule has 0 amide bonds. The summed E-state index contributed by atoms with van der Waals surface area (Å²) in [5.74, 6) is 1.76. The van der Waals surface area contributed by atoms with Crippen LogP contribution in [0.25, 0.3) is 11.3 Å². The molecule has 0 fully saturated rings. The van der Waals surface area contributed by atoms with Crippen molar-refractivity contribution in [1.82, 2.24) is 0 Å². The zero-order valence-electron chi connectivity index (χ0n) is 10.1. The fourth-order valence-electron chi connectivity index (χ4n) is 1.85. The fourth-order valence-corrected chi connectivity index (χ4v) is 1.85. The maximum Gasteiger partial charge on any atom is 0.185 e. The van der Waals surface area contributed by atoms with E-state index in [0.29, 0.717) is 11.7 Å². The monoisotopic (exact) mass is 228 g/mol. The zero-order chi connectivity index (χ0) is 12.3. The Hall–Kier alpha value is -1.83. The number of hydrogen-bond donors (Lipinski definition) is 0. The Morgan fingerprint density at radius 1 is 1.12 bits per heavy atom. The molecule has 1 heterocycles. The van der Waals surface area contributed by atoms with Crippen molar-refractivity contribution in [1.29, 1.82) is 0 Å². The average Bonchev–Trinajstić information content (AvgIpc) is 2.78. The summed E-state index contributed by atoms with van der Waals surface area (Å²) < 4.78 is 5.37. The van der Waals surface area contributed by atoms with Crippen LogP contribution in [0.2, 0.25) is 0 Å². The minimum Gasteiger partial charge on any atom is -0.453 e. The predicted molar refractivity (Wildman–Crippen MR) is 68.1 cm³/mol. The van der Waals surface area contributed by atoms with Crippen LogP contribution in [0.1, 0.15) is 30.0 Å². The topological polar surface area (TPSA) is 30.2 Å². The fraction of sp³-hybridized carbons (Fsp3) is 0.267. The van der Waals surface area contributed by atoms with Crippen molar-refractivity contribution >= 4 is 6.29 Å². The van der Waals surface area contributed by atoms with Crippen LogP contribution in [0, 0.1) is 5.92 Å². The molecule has 0 aliphatic rings. The first-order chi connectivity index (χ1) is 8.19. The molecule has 1 aromatic carbocycles. The van der Waals surface area contributed by atoms with Crippen molar-refractivity contribution in [2.75, 3.05) is 0 Å². The second-order valence-electron chi connectivity index (χ2n) is 4.61. The summed E-state index contributed by atoms with van der Waals surface area (Å²) in [5, 5.41) is 0. The van der Waals surface area contributed by atoms with Crippen molar-refractivity contribution in [3.05, 3.63) is 47.7 Å². The molecule has 2 heteroatoms. The Bertz CT molecular complexity index is 492. The van der Waals surface area contributed by atoms with Gasteiger partial charge in [-0.3, -0.25) is 4.79 Å².